The molecule has 1 fully saturated rings. The summed E-state index contributed by atoms with van der Waals surface area (Å²) in [6.45, 7) is 3.68. The second kappa shape index (κ2) is 6.92. The standard InChI is InChI=1S/C21H24N4O/c1-16(18-8-7-17-5-2-3-6-19(17)15-18)24-20(26)21(9-12-22-13-10-21)25-14-4-11-23-25/h2-8,11,14-16,22H,9-10,12-13H2,1H3,(H,24,26). The molecule has 2 N–H and O–H groups in total. The first-order chi connectivity index (χ1) is 12.7. The lowest BCUT2D eigenvalue weighted by molar-refractivity contribution is -0.132. The Morgan fingerprint density at radius 2 is 1.92 bits per heavy atom. The summed E-state index contributed by atoms with van der Waals surface area (Å²) in [7, 11) is 0. The van der Waals surface area contributed by atoms with E-state index in [4.69, 9.17) is 0 Å². The number of hydrogen-bond donors (Lipinski definition) is 2. The lowest BCUT2D eigenvalue weighted by Crippen LogP contribution is -2.55. The Hall–Kier alpha value is -2.66. The summed E-state index contributed by atoms with van der Waals surface area (Å²) < 4.78 is 1.83. The molecule has 5 nitrogen and oxygen atoms in total. The summed E-state index contributed by atoms with van der Waals surface area (Å²) in [5.74, 6) is 0.0448. The predicted octanol–water partition coefficient (Wildman–Crippen LogP) is 2.99. The van der Waals surface area contributed by atoms with Crippen molar-refractivity contribution in [2.24, 2.45) is 0 Å². The molecule has 3 aromatic rings. The Morgan fingerprint density at radius 1 is 1.15 bits per heavy atom. The molecule has 1 amide bonds. The number of hydrogen-bond acceptors (Lipinski definition) is 3. The number of rotatable bonds is 4. The summed E-state index contributed by atoms with van der Waals surface area (Å²) in [4.78, 5) is 13.3. The third kappa shape index (κ3) is 2.99. The van der Waals surface area contributed by atoms with Gasteiger partial charge in [-0.25, -0.2) is 0 Å². The first-order valence-electron chi connectivity index (χ1n) is 9.20. The molecule has 1 aliphatic rings. The molecule has 0 spiro atoms. The molecule has 0 bridgehead atoms. The van der Waals surface area contributed by atoms with Crippen molar-refractivity contribution < 1.29 is 4.79 Å². The molecule has 0 radical (unpaired) electrons. The second-order valence-corrected chi connectivity index (χ2v) is 7.03. The lowest BCUT2D eigenvalue weighted by Gasteiger charge is -2.37. The minimum atomic E-state index is -0.611. The van der Waals surface area contributed by atoms with Crippen LogP contribution < -0.4 is 10.6 Å². The highest BCUT2D eigenvalue weighted by Crippen LogP contribution is 2.29. The number of nitrogens with one attached hydrogen (secondary N) is 2. The average molecular weight is 348 g/mol. The molecule has 4 rings (SSSR count). The van der Waals surface area contributed by atoms with Gasteiger partial charge in [0.15, 0.2) is 0 Å². The number of nitrogens with zero attached hydrogens (tertiary/aromatic N) is 2. The zero-order chi connectivity index (χ0) is 18.0. The second-order valence-electron chi connectivity index (χ2n) is 7.03. The van der Waals surface area contributed by atoms with Crippen LogP contribution in [-0.4, -0.2) is 28.8 Å². The van der Waals surface area contributed by atoms with Crippen LogP contribution in [0.4, 0.5) is 0 Å². The first-order valence-corrected chi connectivity index (χ1v) is 9.20. The van der Waals surface area contributed by atoms with Gasteiger partial charge >= 0.3 is 0 Å². The number of amides is 1. The SMILES string of the molecule is CC(NC(=O)C1(n2cccn2)CCNCC1)c1ccc2ccccc2c1. The van der Waals surface area contributed by atoms with E-state index in [1.807, 2.05) is 36.0 Å². The summed E-state index contributed by atoms with van der Waals surface area (Å²) in [6, 6.07) is 16.5. The Morgan fingerprint density at radius 3 is 2.65 bits per heavy atom. The van der Waals surface area contributed by atoms with Crippen LogP contribution in [0.5, 0.6) is 0 Å². The van der Waals surface area contributed by atoms with E-state index in [9.17, 15) is 4.79 Å². The Bertz CT molecular complexity index is 897. The van der Waals surface area contributed by atoms with E-state index >= 15 is 0 Å². The van der Waals surface area contributed by atoms with Gasteiger partial charge < -0.3 is 10.6 Å². The number of carbonyl (C=O) groups is 1. The third-order valence-corrected chi connectivity index (χ3v) is 5.42. The smallest absolute Gasteiger partial charge is 0.248 e. The molecular weight excluding hydrogens is 324 g/mol. The number of piperidine rings is 1. The zero-order valence-corrected chi connectivity index (χ0v) is 15.0. The van der Waals surface area contributed by atoms with Crippen molar-refractivity contribution in [3.05, 3.63) is 66.5 Å². The van der Waals surface area contributed by atoms with Crippen molar-refractivity contribution in [1.82, 2.24) is 20.4 Å². The predicted molar refractivity (Wildman–Crippen MR) is 103 cm³/mol. The Balaban J connectivity index is 1.58. The van der Waals surface area contributed by atoms with Gasteiger partial charge in [-0.2, -0.15) is 5.10 Å². The van der Waals surface area contributed by atoms with Gasteiger partial charge in [-0.15, -0.1) is 0 Å². The van der Waals surface area contributed by atoms with Crippen molar-refractivity contribution in [2.45, 2.75) is 31.3 Å². The third-order valence-electron chi connectivity index (χ3n) is 5.42. The Kier molecular flexibility index (Phi) is 4.47. The van der Waals surface area contributed by atoms with E-state index in [2.05, 4.69) is 46.1 Å². The average Bonchev–Trinajstić information content (AvgIpc) is 3.23. The van der Waals surface area contributed by atoms with Gasteiger partial charge in [0.05, 0.1) is 6.04 Å². The van der Waals surface area contributed by atoms with E-state index in [1.165, 1.54) is 10.8 Å². The number of fused-ring (bicyclic) bond motifs is 1. The molecular formula is C21H24N4O. The molecule has 1 aromatic heterocycles. The van der Waals surface area contributed by atoms with Crippen LogP contribution in [0.2, 0.25) is 0 Å². The largest absolute Gasteiger partial charge is 0.347 e. The highest BCUT2D eigenvalue weighted by Gasteiger charge is 2.42. The highest BCUT2D eigenvalue weighted by molar-refractivity contribution is 5.86. The number of benzene rings is 2. The highest BCUT2D eigenvalue weighted by atomic mass is 16.2. The first kappa shape index (κ1) is 16.8. The molecule has 26 heavy (non-hydrogen) atoms. The van der Waals surface area contributed by atoms with Crippen LogP contribution in [0, 0.1) is 0 Å². The summed E-state index contributed by atoms with van der Waals surface area (Å²) in [5.41, 5.74) is 0.501. The van der Waals surface area contributed by atoms with Gasteiger partial charge in [0.1, 0.15) is 5.54 Å². The van der Waals surface area contributed by atoms with E-state index in [0.29, 0.717) is 0 Å². The Labute approximate surface area is 153 Å². The van der Waals surface area contributed by atoms with E-state index in [-0.39, 0.29) is 11.9 Å². The van der Waals surface area contributed by atoms with Crippen LogP contribution in [0.3, 0.4) is 0 Å². The van der Waals surface area contributed by atoms with Gasteiger partial charge in [0.2, 0.25) is 5.91 Å². The summed E-state index contributed by atoms with van der Waals surface area (Å²) >= 11 is 0. The fourth-order valence-corrected chi connectivity index (χ4v) is 3.81. The molecule has 0 aliphatic carbocycles. The maximum absolute atomic E-state index is 13.3. The van der Waals surface area contributed by atoms with Gasteiger partial charge in [-0.1, -0.05) is 36.4 Å². The number of carbonyl (C=O) groups excluding carboxylic acids is 1. The van der Waals surface area contributed by atoms with Crippen LogP contribution in [0.25, 0.3) is 10.8 Å². The molecule has 5 heteroatoms. The zero-order valence-electron chi connectivity index (χ0n) is 15.0. The number of aromatic nitrogens is 2. The van der Waals surface area contributed by atoms with Crippen molar-refractivity contribution in [2.75, 3.05) is 13.1 Å². The van der Waals surface area contributed by atoms with Crippen molar-refractivity contribution in [3.63, 3.8) is 0 Å². The lowest BCUT2D eigenvalue weighted by atomic mass is 9.87. The minimum Gasteiger partial charge on any atom is -0.347 e. The normalized spacial score (nSPS) is 17.7. The molecule has 1 saturated heterocycles. The fourth-order valence-electron chi connectivity index (χ4n) is 3.81. The van der Waals surface area contributed by atoms with Crippen molar-refractivity contribution >= 4 is 16.7 Å². The van der Waals surface area contributed by atoms with Gasteiger partial charge in [0, 0.05) is 12.4 Å². The molecule has 1 atom stereocenters. The van der Waals surface area contributed by atoms with E-state index in [1.54, 1.807) is 6.20 Å². The van der Waals surface area contributed by atoms with Crippen molar-refractivity contribution in [3.8, 4) is 0 Å². The van der Waals surface area contributed by atoms with Gasteiger partial charge in [-0.3, -0.25) is 9.48 Å². The van der Waals surface area contributed by atoms with Crippen molar-refractivity contribution in [1.29, 1.82) is 0 Å². The van der Waals surface area contributed by atoms with Crippen LogP contribution in [0.1, 0.15) is 31.4 Å². The van der Waals surface area contributed by atoms with Crippen LogP contribution in [-0.2, 0) is 10.3 Å². The molecule has 2 heterocycles. The quantitative estimate of drug-likeness (QED) is 0.762. The van der Waals surface area contributed by atoms with Gasteiger partial charge in [-0.05, 0) is 61.3 Å². The molecule has 1 unspecified atom stereocenters. The maximum atomic E-state index is 13.3. The monoisotopic (exact) mass is 348 g/mol. The summed E-state index contributed by atoms with van der Waals surface area (Å²) in [6.07, 6.45) is 5.12. The summed E-state index contributed by atoms with van der Waals surface area (Å²) in [5, 5.41) is 13.4. The van der Waals surface area contributed by atoms with Gasteiger partial charge in [0.25, 0.3) is 0 Å². The minimum absolute atomic E-state index is 0.0448. The van der Waals surface area contributed by atoms with Crippen LogP contribution in [0.15, 0.2) is 60.9 Å². The topological polar surface area (TPSA) is 59.0 Å². The fraction of sp³-hybridized carbons (Fsp3) is 0.333. The van der Waals surface area contributed by atoms with E-state index < -0.39 is 5.54 Å². The molecule has 0 saturated carbocycles. The van der Waals surface area contributed by atoms with Crippen LogP contribution >= 0.6 is 0 Å². The van der Waals surface area contributed by atoms with E-state index in [0.717, 1.165) is 31.5 Å². The molecule has 134 valence electrons. The molecule has 1 aliphatic heterocycles. The maximum Gasteiger partial charge on any atom is 0.248 e. The molecule has 2 aromatic carbocycles.